The van der Waals surface area contributed by atoms with E-state index in [0.717, 1.165) is 38.1 Å². The van der Waals surface area contributed by atoms with Crippen molar-refractivity contribution < 1.29 is 14.2 Å². The Morgan fingerprint density at radius 3 is 2.71 bits per heavy atom. The first kappa shape index (κ1) is 11.9. The Morgan fingerprint density at radius 2 is 1.88 bits per heavy atom. The van der Waals surface area contributed by atoms with Crippen LogP contribution in [0.5, 0.6) is 0 Å². The van der Waals surface area contributed by atoms with Crippen LogP contribution in [-0.2, 0) is 14.2 Å². The van der Waals surface area contributed by atoms with Crippen LogP contribution in [0.4, 0.5) is 0 Å². The van der Waals surface area contributed by atoms with Gasteiger partial charge in [-0.25, -0.2) is 0 Å². The highest BCUT2D eigenvalue weighted by Crippen LogP contribution is 2.31. The van der Waals surface area contributed by atoms with Crippen LogP contribution in [0.15, 0.2) is 0 Å². The van der Waals surface area contributed by atoms with Crippen molar-refractivity contribution in [3.63, 3.8) is 0 Å². The van der Waals surface area contributed by atoms with Crippen LogP contribution in [0.1, 0.15) is 39.0 Å². The third-order valence-electron chi connectivity index (χ3n) is 4.60. The number of hydrogen-bond acceptors (Lipinski definition) is 3. The molecular weight excluding hydrogens is 216 g/mol. The van der Waals surface area contributed by atoms with Gasteiger partial charge in [0, 0.05) is 6.61 Å². The largest absolute Gasteiger partial charge is 0.373 e. The monoisotopic (exact) mass is 240 g/mol. The first-order valence-corrected chi connectivity index (χ1v) is 7.17. The number of hydrogen-bond donors (Lipinski definition) is 0. The first-order chi connectivity index (χ1) is 8.33. The molecule has 98 valence electrons. The van der Waals surface area contributed by atoms with E-state index in [9.17, 15) is 0 Å². The van der Waals surface area contributed by atoms with Crippen LogP contribution < -0.4 is 0 Å². The maximum Gasteiger partial charge on any atom is 0.112 e. The molecule has 0 aromatic heterocycles. The van der Waals surface area contributed by atoms with E-state index in [1.807, 2.05) is 0 Å². The molecule has 3 fully saturated rings. The van der Waals surface area contributed by atoms with Gasteiger partial charge in [-0.15, -0.1) is 0 Å². The molecule has 1 unspecified atom stereocenters. The lowest BCUT2D eigenvalue weighted by Crippen LogP contribution is -2.32. The molecule has 0 amide bonds. The third kappa shape index (κ3) is 2.67. The smallest absolute Gasteiger partial charge is 0.112 e. The second-order valence-electron chi connectivity index (χ2n) is 5.99. The second-order valence-corrected chi connectivity index (χ2v) is 5.99. The predicted octanol–water partition coefficient (Wildman–Crippen LogP) is 2.39. The van der Waals surface area contributed by atoms with Gasteiger partial charge in [0.15, 0.2) is 0 Å². The first-order valence-electron chi connectivity index (χ1n) is 7.17. The van der Waals surface area contributed by atoms with E-state index in [1.54, 1.807) is 0 Å². The number of ether oxygens (including phenoxy) is 3. The van der Waals surface area contributed by atoms with Gasteiger partial charge in [0.05, 0.1) is 19.3 Å². The summed E-state index contributed by atoms with van der Waals surface area (Å²) in [5.41, 5.74) is 0. The van der Waals surface area contributed by atoms with Gasteiger partial charge in [0.2, 0.25) is 0 Å². The van der Waals surface area contributed by atoms with Crippen molar-refractivity contribution in [1.29, 1.82) is 0 Å². The van der Waals surface area contributed by atoms with Gasteiger partial charge in [-0.2, -0.15) is 0 Å². The van der Waals surface area contributed by atoms with Crippen molar-refractivity contribution in [3.05, 3.63) is 0 Å². The second kappa shape index (κ2) is 5.25. The summed E-state index contributed by atoms with van der Waals surface area (Å²) in [6.07, 6.45) is 7.19. The molecule has 0 aromatic carbocycles. The highest BCUT2D eigenvalue weighted by atomic mass is 16.6. The molecule has 0 radical (unpaired) electrons. The average molecular weight is 240 g/mol. The Labute approximate surface area is 104 Å². The summed E-state index contributed by atoms with van der Waals surface area (Å²) < 4.78 is 17.4. The molecule has 0 aromatic rings. The summed E-state index contributed by atoms with van der Waals surface area (Å²) in [7, 11) is 0. The van der Waals surface area contributed by atoms with Gasteiger partial charge in [0.25, 0.3) is 0 Å². The van der Waals surface area contributed by atoms with E-state index in [-0.39, 0.29) is 12.2 Å². The molecule has 3 heteroatoms. The van der Waals surface area contributed by atoms with E-state index < -0.39 is 0 Å². The maximum atomic E-state index is 6.04. The lowest BCUT2D eigenvalue weighted by Gasteiger charge is -2.27. The third-order valence-corrected chi connectivity index (χ3v) is 4.60. The summed E-state index contributed by atoms with van der Waals surface area (Å²) in [6.45, 7) is 4.85. The minimum atomic E-state index is 0.196. The molecule has 1 aliphatic carbocycles. The summed E-state index contributed by atoms with van der Waals surface area (Å²) in [6, 6.07) is 0. The fourth-order valence-corrected chi connectivity index (χ4v) is 3.33. The predicted molar refractivity (Wildman–Crippen MR) is 65.0 cm³/mol. The van der Waals surface area contributed by atoms with Gasteiger partial charge in [-0.3, -0.25) is 0 Å². The van der Waals surface area contributed by atoms with Crippen LogP contribution >= 0.6 is 0 Å². The molecule has 2 saturated heterocycles. The average Bonchev–Trinajstić information content (AvgIpc) is 2.91. The molecule has 0 spiro atoms. The zero-order valence-corrected chi connectivity index (χ0v) is 10.8. The summed E-state index contributed by atoms with van der Waals surface area (Å²) in [5.74, 6) is 1.69. The van der Waals surface area contributed by atoms with Crippen molar-refractivity contribution in [2.45, 2.75) is 57.3 Å². The molecule has 17 heavy (non-hydrogen) atoms. The van der Waals surface area contributed by atoms with E-state index in [1.165, 1.54) is 25.7 Å². The number of fused-ring (bicyclic) bond motifs is 1. The number of rotatable bonds is 3. The van der Waals surface area contributed by atoms with Gasteiger partial charge in [0.1, 0.15) is 12.2 Å². The molecule has 0 bridgehead atoms. The lowest BCUT2D eigenvalue weighted by molar-refractivity contribution is -0.0470. The standard InChI is InChI=1S/C14H24O3/c1-10-2-4-11(5-3-10)8-16-13-9-17-12-6-7-15-14(12)13/h10-14H,2-9H2,1H3/t10?,11?,12?,13-,14+/m1/s1. The Hall–Kier alpha value is -0.120. The molecule has 1 saturated carbocycles. The summed E-state index contributed by atoms with van der Waals surface area (Å²) in [5, 5.41) is 0. The quantitative estimate of drug-likeness (QED) is 0.758. The van der Waals surface area contributed by atoms with Crippen LogP contribution in [0.25, 0.3) is 0 Å². The maximum absolute atomic E-state index is 6.04. The SMILES string of the molecule is CC1CCC(CO[C@@H]2COC3CCO[C@@H]32)CC1. The van der Waals surface area contributed by atoms with Crippen LogP contribution in [0, 0.1) is 11.8 Å². The van der Waals surface area contributed by atoms with Crippen molar-refractivity contribution in [2.75, 3.05) is 19.8 Å². The Balaban J connectivity index is 1.42. The van der Waals surface area contributed by atoms with Gasteiger partial charge >= 0.3 is 0 Å². The molecule has 3 nitrogen and oxygen atoms in total. The van der Waals surface area contributed by atoms with Gasteiger partial charge < -0.3 is 14.2 Å². The molecule has 2 heterocycles. The van der Waals surface area contributed by atoms with Crippen LogP contribution in [0.3, 0.4) is 0 Å². The van der Waals surface area contributed by atoms with E-state index in [4.69, 9.17) is 14.2 Å². The highest BCUT2D eigenvalue weighted by molar-refractivity contribution is 4.90. The molecule has 0 N–H and O–H groups in total. The van der Waals surface area contributed by atoms with E-state index in [2.05, 4.69) is 6.92 Å². The summed E-state index contributed by atoms with van der Waals surface area (Å²) in [4.78, 5) is 0. The molecule has 3 atom stereocenters. The van der Waals surface area contributed by atoms with Crippen molar-refractivity contribution in [3.8, 4) is 0 Å². The fraction of sp³-hybridized carbons (Fsp3) is 1.00. The fourth-order valence-electron chi connectivity index (χ4n) is 3.33. The topological polar surface area (TPSA) is 27.7 Å². The van der Waals surface area contributed by atoms with Crippen molar-refractivity contribution in [2.24, 2.45) is 11.8 Å². The normalized spacial score (nSPS) is 46.1. The molecular formula is C14H24O3. The van der Waals surface area contributed by atoms with E-state index >= 15 is 0 Å². The van der Waals surface area contributed by atoms with Gasteiger partial charge in [-0.1, -0.05) is 19.8 Å². The summed E-state index contributed by atoms with van der Waals surface area (Å²) >= 11 is 0. The Kier molecular flexibility index (Phi) is 3.69. The van der Waals surface area contributed by atoms with Crippen LogP contribution in [0.2, 0.25) is 0 Å². The minimum Gasteiger partial charge on any atom is -0.373 e. The zero-order valence-electron chi connectivity index (χ0n) is 10.8. The van der Waals surface area contributed by atoms with Gasteiger partial charge in [-0.05, 0) is 31.1 Å². The van der Waals surface area contributed by atoms with Crippen LogP contribution in [-0.4, -0.2) is 38.1 Å². The lowest BCUT2D eigenvalue weighted by atomic mass is 9.83. The highest BCUT2D eigenvalue weighted by Gasteiger charge is 2.42. The zero-order chi connectivity index (χ0) is 11.7. The molecule has 2 aliphatic heterocycles. The minimum absolute atomic E-state index is 0.196. The molecule has 3 aliphatic rings. The van der Waals surface area contributed by atoms with Crippen molar-refractivity contribution in [1.82, 2.24) is 0 Å². The van der Waals surface area contributed by atoms with Crippen molar-refractivity contribution >= 4 is 0 Å². The Morgan fingerprint density at radius 1 is 1.06 bits per heavy atom. The molecule has 3 rings (SSSR count). The van der Waals surface area contributed by atoms with E-state index in [0.29, 0.717) is 6.10 Å². The Bertz CT molecular complexity index is 248.